The van der Waals surface area contributed by atoms with Crippen LogP contribution in [0, 0.1) is 5.82 Å². The summed E-state index contributed by atoms with van der Waals surface area (Å²) in [5.74, 6) is -0.403. The van der Waals surface area contributed by atoms with Gasteiger partial charge in [-0.1, -0.05) is 30.3 Å². The molecule has 0 saturated carbocycles. The van der Waals surface area contributed by atoms with Crippen LogP contribution in [-0.4, -0.2) is 12.2 Å². The maximum absolute atomic E-state index is 13.8. The van der Waals surface area contributed by atoms with E-state index >= 15 is 0 Å². The van der Waals surface area contributed by atoms with Crippen LogP contribution in [0.4, 0.5) is 10.1 Å². The number of rotatable bonds is 4. The lowest BCUT2D eigenvalue weighted by atomic mass is 9.83. The van der Waals surface area contributed by atoms with Gasteiger partial charge in [-0.25, -0.2) is 4.39 Å². The molecule has 1 heterocycles. The highest BCUT2D eigenvalue weighted by atomic mass is 19.1. The number of Topliss-reactive ketones (excluding diaryl/α,β-unsaturated/α-hetero) is 1. The van der Waals surface area contributed by atoms with E-state index in [9.17, 15) is 14.0 Å². The molecular weight excluding hydrogens is 309 g/mol. The molecule has 4 nitrogen and oxygen atoms in total. The van der Waals surface area contributed by atoms with E-state index in [0.717, 1.165) is 5.56 Å². The van der Waals surface area contributed by atoms with Crippen molar-refractivity contribution in [1.29, 1.82) is 0 Å². The summed E-state index contributed by atoms with van der Waals surface area (Å²) in [7, 11) is 0. The molecule has 0 spiro atoms. The van der Waals surface area contributed by atoms with Crippen LogP contribution in [-0.2, 0) is 19.9 Å². The predicted molar refractivity (Wildman–Crippen MR) is 87.9 cm³/mol. The highest BCUT2D eigenvalue weighted by Gasteiger charge is 2.40. The summed E-state index contributed by atoms with van der Waals surface area (Å²) < 4.78 is 20.0. The maximum Gasteiger partial charge on any atom is 0.211 e. The van der Waals surface area contributed by atoms with Gasteiger partial charge in [-0.2, -0.15) is 0 Å². The maximum atomic E-state index is 13.8. The van der Waals surface area contributed by atoms with Gasteiger partial charge in [0.1, 0.15) is 17.2 Å². The number of nitrogens with one attached hydrogen (secondary N) is 1. The Morgan fingerprint density at radius 2 is 2.00 bits per heavy atom. The van der Waals surface area contributed by atoms with E-state index < -0.39 is 17.5 Å². The molecule has 2 aromatic carbocycles. The van der Waals surface area contributed by atoms with Crippen LogP contribution in [0.3, 0.4) is 0 Å². The molecule has 1 amide bonds. The van der Waals surface area contributed by atoms with Crippen molar-refractivity contribution in [2.24, 2.45) is 0 Å². The van der Waals surface area contributed by atoms with E-state index in [1.165, 1.54) is 18.2 Å². The van der Waals surface area contributed by atoms with Gasteiger partial charge in [0.05, 0.1) is 6.10 Å². The molecule has 124 valence electrons. The number of amides is 1. The summed E-state index contributed by atoms with van der Waals surface area (Å²) in [6, 6.07) is 13.5. The zero-order valence-corrected chi connectivity index (χ0v) is 13.3. The lowest BCUT2D eigenvalue weighted by Gasteiger charge is -2.39. The second kappa shape index (κ2) is 6.53. The van der Waals surface area contributed by atoms with Crippen molar-refractivity contribution in [3.63, 3.8) is 0 Å². The Morgan fingerprint density at radius 3 is 2.71 bits per heavy atom. The second-order valence-electron chi connectivity index (χ2n) is 6.12. The third-order valence-corrected chi connectivity index (χ3v) is 4.29. The average Bonchev–Trinajstić information content (AvgIpc) is 2.57. The van der Waals surface area contributed by atoms with Crippen LogP contribution < -0.4 is 5.32 Å². The van der Waals surface area contributed by atoms with Gasteiger partial charge in [-0.15, -0.1) is 0 Å². The molecule has 0 radical (unpaired) electrons. The first-order valence-electron chi connectivity index (χ1n) is 7.76. The monoisotopic (exact) mass is 327 g/mol. The van der Waals surface area contributed by atoms with Crippen molar-refractivity contribution in [2.75, 3.05) is 5.32 Å². The Hall–Kier alpha value is -2.53. The molecule has 1 fully saturated rings. The number of anilines is 1. The standard InChI is InChI=1S/C19H18FNO3/c1-19(16-9-14(20)7-8-17(16)21-12-22)11-15(23)10-18(24-19)13-5-3-2-4-6-13/h2-9,12,18H,10-11H2,1H3,(H,21,22)/t18-,19+/m1/s1. The molecule has 1 aliphatic heterocycles. The molecule has 2 atom stereocenters. The van der Waals surface area contributed by atoms with Crippen molar-refractivity contribution >= 4 is 17.9 Å². The van der Waals surface area contributed by atoms with Crippen LogP contribution >= 0.6 is 0 Å². The van der Waals surface area contributed by atoms with Crippen LogP contribution in [0.1, 0.15) is 37.0 Å². The number of halogens is 1. The van der Waals surface area contributed by atoms with Crippen LogP contribution in [0.5, 0.6) is 0 Å². The van der Waals surface area contributed by atoms with Crippen molar-refractivity contribution < 1.29 is 18.7 Å². The van der Waals surface area contributed by atoms with Gasteiger partial charge in [-0.05, 0) is 30.7 Å². The summed E-state index contributed by atoms with van der Waals surface area (Å²) in [5, 5.41) is 2.56. The topological polar surface area (TPSA) is 55.4 Å². The minimum absolute atomic E-state index is 0.0407. The fourth-order valence-electron chi connectivity index (χ4n) is 3.21. The minimum atomic E-state index is -1.01. The molecule has 0 aromatic heterocycles. The van der Waals surface area contributed by atoms with Crippen LogP contribution in [0.25, 0.3) is 0 Å². The van der Waals surface area contributed by atoms with Crippen molar-refractivity contribution in [3.8, 4) is 0 Å². The summed E-state index contributed by atoms with van der Waals surface area (Å²) >= 11 is 0. The van der Waals surface area contributed by atoms with Crippen LogP contribution in [0.2, 0.25) is 0 Å². The highest BCUT2D eigenvalue weighted by molar-refractivity contribution is 5.82. The molecule has 24 heavy (non-hydrogen) atoms. The van der Waals surface area contributed by atoms with E-state index in [1.807, 2.05) is 30.3 Å². The predicted octanol–water partition coefficient (Wildman–Crippen LogP) is 3.73. The summed E-state index contributed by atoms with van der Waals surface area (Å²) in [6.07, 6.45) is 0.544. The van der Waals surface area contributed by atoms with Gasteiger partial charge in [0.15, 0.2) is 0 Å². The number of benzene rings is 2. The smallest absolute Gasteiger partial charge is 0.211 e. The van der Waals surface area contributed by atoms with Crippen molar-refractivity contribution in [1.82, 2.24) is 0 Å². The lowest BCUT2D eigenvalue weighted by Crippen LogP contribution is -2.37. The van der Waals surface area contributed by atoms with Crippen molar-refractivity contribution in [2.45, 2.75) is 31.5 Å². The second-order valence-corrected chi connectivity index (χ2v) is 6.12. The SMILES string of the molecule is C[C@@]1(c2cc(F)ccc2NC=O)CC(=O)C[C@H](c2ccccc2)O1. The molecule has 2 aromatic rings. The average molecular weight is 327 g/mol. The van der Waals surface area contributed by atoms with Gasteiger partial charge in [-0.3, -0.25) is 9.59 Å². The largest absolute Gasteiger partial charge is 0.362 e. The minimum Gasteiger partial charge on any atom is -0.362 e. The number of carbonyl (C=O) groups is 2. The number of ether oxygens (including phenoxy) is 1. The normalized spacial score (nSPS) is 23.8. The van der Waals surface area contributed by atoms with Gasteiger partial charge >= 0.3 is 0 Å². The van der Waals surface area contributed by atoms with E-state index in [4.69, 9.17) is 4.74 Å². The number of hydrogen-bond acceptors (Lipinski definition) is 3. The Balaban J connectivity index is 2.01. The number of hydrogen-bond donors (Lipinski definition) is 1. The zero-order valence-electron chi connectivity index (χ0n) is 13.3. The molecule has 0 unspecified atom stereocenters. The molecule has 3 rings (SSSR count). The van der Waals surface area contributed by atoms with E-state index in [0.29, 0.717) is 17.7 Å². The van der Waals surface area contributed by atoms with Gasteiger partial charge in [0.25, 0.3) is 0 Å². The zero-order chi connectivity index (χ0) is 17.2. The summed E-state index contributed by atoms with van der Waals surface area (Å²) in [6.45, 7) is 1.75. The van der Waals surface area contributed by atoms with E-state index in [-0.39, 0.29) is 18.6 Å². The van der Waals surface area contributed by atoms with Gasteiger partial charge < -0.3 is 10.1 Å². The Bertz CT molecular complexity index is 762. The van der Waals surface area contributed by atoms with Crippen LogP contribution in [0.15, 0.2) is 48.5 Å². The molecule has 0 aliphatic carbocycles. The summed E-state index contributed by atoms with van der Waals surface area (Å²) in [4.78, 5) is 23.2. The Morgan fingerprint density at radius 1 is 1.25 bits per heavy atom. The first-order valence-corrected chi connectivity index (χ1v) is 7.76. The van der Waals surface area contributed by atoms with Gasteiger partial charge in [0.2, 0.25) is 6.41 Å². The van der Waals surface area contributed by atoms with E-state index in [1.54, 1.807) is 6.92 Å². The quantitative estimate of drug-likeness (QED) is 0.871. The molecule has 0 bridgehead atoms. The highest BCUT2D eigenvalue weighted by Crippen LogP contribution is 2.44. The first kappa shape index (κ1) is 16.3. The third-order valence-electron chi connectivity index (χ3n) is 4.29. The number of ketones is 1. The Kier molecular flexibility index (Phi) is 4.44. The molecule has 1 saturated heterocycles. The summed E-state index contributed by atoms with van der Waals surface area (Å²) in [5.41, 5.74) is 0.792. The molecular formula is C19H18FNO3. The molecule has 5 heteroatoms. The fraction of sp³-hybridized carbons (Fsp3) is 0.263. The third kappa shape index (κ3) is 3.21. The van der Waals surface area contributed by atoms with E-state index in [2.05, 4.69) is 5.32 Å². The fourth-order valence-corrected chi connectivity index (χ4v) is 3.21. The van der Waals surface area contributed by atoms with Gasteiger partial charge in [0, 0.05) is 24.1 Å². The molecule has 1 aliphatic rings. The van der Waals surface area contributed by atoms with Crippen molar-refractivity contribution in [3.05, 3.63) is 65.5 Å². The lowest BCUT2D eigenvalue weighted by molar-refractivity contribution is -0.155. The first-order chi connectivity index (χ1) is 11.5. The Labute approximate surface area is 139 Å². The number of carbonyl (C=O) groups excluding carboxylic acids is 2. The molecule has 1 N–H and O–H groups in total.